The first-order valence-corrected chi connectivity index (χ1v) is 6.70. The minimum atomic E-state index is 0.609. The summed E-state index contributed by atoms with van der Waals surface area (Å²) in [5.41, 5.74) is 2.24. The highest BCUT2D eigenvalue weighted by atomic mass is 16.3. The first-order valence-electron chi connectivity index (χ1n) is 6.70. The van der Waals surface area contributed by atoms with Crippen molar-refractivity contribution in [3.8, 4) is 0 Å². The number of nitrogens with zero attached hydrogens (tertiary/aromatic N) is 1. The highest BCUT2D eigenvalue weighted by Gasteiger charge is 2.16. The molecule has 3 nitrogen and oxygen atoms in total. The summed E-state index contributed by atoms with van der Waals surface area (Å²) >= 11 is 0. The second kappa shape index (κ2) is 5.12. The zero-order valence-corrected chi connectivity index (χ0v) is 10.9. The summed E-state index contributed by atoms with van der Waals surface area (Å²) in [7, 11) is 2.20. The Kier molecular flexibility index (Phi) is 3.35. The number of piperidine rings is 1. The summed E-state index contributed by atoms with van der Waals surface area (Å²) in [6, 6.07) is 8.84. The molecule has 1 atom stereocenters. The molecule has 0 aliphatic carbocycles. The standard InChI is InChI=1S/C15H20N2O/c1-17-8-4-5-13(10-17)16-9-12-11-18-15-7-3-2-6-14(12)15/h2-3,6-7,11,13,16H,4-5,8-10H2,1H3. The van der Waals surface area contributed by atoms with Crippen molar-refractivity contribution in [1.82, 2.24) is 10.2 Å². The molecule has 3 heteroatoms. The quantitative estimate of drug-likeness (QED) is 0.899. The molecule has 1 N–H and O–H groups in total. The molecule has 2 aromatic rings. The molecule has 0 amide bonds. The third-order valence-corrected chi connectivity index (χ3v) is 3.77. The fourth-order valence-corrected chi connectivity index (χ4v) is 2.76. The van der Waals surface area contributed by atoms with Gasteiger partial charge in [-0.15, -0.1) is 0 Å². The van der Waals surface area contributed by atoms with Gasteiger partial charge in [-0.25, -0.2) is 0 Å². The molecule has 1 aromatic carbocycles. The fourth-order valence-electron chi connectivity index (χ4n) is 2.76. The number of para-hydroxylation sites is 1. The molecule has 96 valence electrons. The van der Waals surface area contributed by atoms with E-state index in [1.54, 1.807) is 0 Å². The number of fused-ring (bicyclic) bond motifs is 1. The fraction of sp³-hybridized carbons (Fsp3) is 0.467. The Labute approximate surface area is 108 Å². The highest BCUT2D eigenvalue weighted by Crippen LogP contribution is 2.20. The summed E-state index contributed by atoms with van der Waals surface area (Å²) in [5.74, 6) is 0. The first kappa shape index (κ1) is 11.8. The lowest BCUT2D eigenvalue weighted by Gasteiger charge is -2.30. The van der Waals surface area contributed by atoms with Gasteiger partial charge >= 0.3 is 0 Å². The molecule has 3 rings (SSSR count). The molecule has 1 fully saturated rings. The van der Waals surface area contributed by atoms with Crippen molar-refractivity contribution >= 4 is 11.0 Å². The van der Waals surface area contributed by atoms with Crippen LogP contribution in [0.25, 0.3) is 11.0 Å². The van der Waals surface area contributed by atoms with E-state index in [-0.39, 0.29) is 0 Å². The summed E-state index contributed by atoms with van der Waals surface area (Å²) in [5, 5.41) is 4.88. The summed E-state index contributed by atoms with van der Waals surface area (Å²) in [6.07, 6.45) is 4.45. The predicted octanol–water partition coefficient (Wildman–Crippen LogP) is 2.62. The van der Waals surface area contributed by atoms with Crippen LogP contribution in [-0.4, -0.2) is 31.1 Å². The van der Waals surface area contributed by atoms with E-state index in [4.69, 9.17) is 4.42 Å². The number of benzene rings is 1. The van der Waals surface area contributed by atoms with Crippen LogP contribution < -0.4 is 5.32 Å². The lowest BCUT2D eigenvalue weighted by atomic mass is 10.1. The van der Waals surface area contributed by atoms with Crippen molar-refractivity contribution in [3.63, 3.8) is 0 Å². The molecule has 0 radical (unpaired) electrons. The van der Waals surface area contributed by atoms with E-state index in [9.17, 15) is 0 Å². The number of rotatable bonds is 3. The van der Waals surface area contributed by atoms with Crippen LogP contribution in [0.3, 0.4) is 0 Å². The Balaban J connectivity index is 1.66. The smallest absolute Gasteiger partial charge is 0.134 e. The van der Waals surface area contributed by atoms with E-state index < -0.39 is 0 Å². The van der Waals surface area contributed by atoms with Crippen LogP contribution in [0.2, 0.25) is 0 Å². The van der Waals surface area contributed by atoms with Gasteiger partial charge in [0.15, 0.2) is 0 Å². The number of hydrogen-bond acceptors (Lipinski definition) is 3. The Bertz CT molecular complexity index is 520. The Morgan fingerprint density at radius 2 is 2.28 bits per heavy atom. The van der Waals surface area contributed by atoms with Crippen LogP contribution in [-0.2, 0) is 6.54 Å². The van der Waals surface area contributed by atoms with Crippen molar-refractivity contribution in [1.29, 1.82) is 0 Å². The molecule has 1 saturated heterocycles. The van der Waals surface area contributed by atoms with Crippen molar-refractivity contribution in [2.75, 3.05) is 20.1 Å². The molecule has 1 aliphatic heterocycles. The second-order valence-electron chi connectivity index (χ2n) is 5.24. The van der Waals surface area contributed by atoms with Crippen molar-refractivity contribution < 1.29 is 4.42 Å². The van der Waals surface area contributed by atoms with E-state index in [1.807, 2.05) is 18.4 Å². The molecule has 0 saturated carbocycles. The number of likely N-dealkylation sites (tertiary alicyclic amines) is 1. The lowest BCUT2D eigenvalue weighted by Crippen LogP contribution is -2.43. The first-order chi connectivity index (χ1) is 8.83. The number of likely N-dealkylation sites (N-methyl/N-ethyl adjacent to an activating group) is 1. The number of nitrogens with one attached hydrogen (secondary N) is 1. The Morgan fingerprint density at radius 1 is 1.39 bits per heavy atom. The van der Waals surface area contributed by atoms with Gasteiger partial charge in [0.1, 0.15) is 5.58 Å². The Morgan fingerprint density at radius 3 is 3.17 bits per heavy atom. The molecule has 18 heavy (non-hydrogen) atoms. The van der Waals surface area contributed by atoms with Gasteiger partial charge in [-0.05, 0) is 32.5 Å². The predicted molar refractivity (Wildman–Crippen MR) is 73.6 cm³/mol. The lowest BCUT2D eigenvalue weighted by molar-refractivity contribution is 0.226. The van der Waals surface area contributed by atoms with Crippen LogP contribution in [0.1, 0.15) is 18.4 Å². The molecule has 1 aromatic heterocycles. The van der Waals surface area contributed by atoms with Gasteiger partial charge in [0, 0.05) is 30.1 Å². The van der Waals surface area contributed by atoms with Gasteiger partial charge in [-0.3, -0.25) is 0 Å². The van der Waals surface area contributed by atoms with E-state index >= 15 is 0 Å². The van der Waals surface area contributed by atoms with Gasteiger partial charge in [-0.2, -0.15) is 0 Å². The maximum atomic E-state index is 5.56. The van der Waals surface area contributed by atoms with E-state index in [0.717, 1.165) is 18.7 Å². The van der Waals surface area contributed by atoms with Crippen LogP contribution in [0, 0.1) is 0 Å². The van der Waals surface area contributed by atoms with Gasteiger partial charge in [-0.1, -0.05) is 18.2 Å². The van der Waals surface area contributed by atoms with Crippen molar-refractivity contribution in [2.24, 2.45) is 0 Å². The van der Waals surface area contributed by atoms with Crippen LogP contribution in [0.5, 0.6) is 0 Å². The average Bonchev–Trinajstić information content (AvgIpc) is 2.80. The van der Waals surface area contributed by atoms with E-state index in [1.165, 1.54) is 30.3 Å². The molecule has 1 aliphatic rings. The minimum Gasteiger partial charge on any atom is -0.464 e. The zero-order valence-electron chi connectivity index (χ0n) is 10.9. The Hall–Kier alpha value is -1.32. The van der Waals surface area contributed by atoms with E-state index in [0.29, 0.717) is 6.04 Å². The van der Waals surface area contributed by atoms with Gasteiger partial charge in [0.05, 0.1) is 6.26 Å². The largest absolute Gasteiger partial charge is 0.464 e. The van der Waals surface area contributed by atoms with Gasteiger partial charge in [0.2, 0.25) is 0 Å². The van der Waals surface area contributed by atoms with Crippen LogP contribution in [0.4, 0.5) is 0 Å². The summed E-state index contributed by atoms with van der Waals surface area (Å²) in [4.78, 5) is 2.40. The maximum absolute atomic E-state index is 5.56. The average molecular weight is 244 g/mol. The molecule has 1 unspecified atom stereocenters. The summed E-state index contributed by atoms with van der Waals surface area (Å²) < 4.78 is 5.56. The van der Waals surface area contributed by atoms with E-state index in [2.05, 4.69) is 29.4 Å². The normalized spacial score (nSPS) is 21.5. The van der Waals surface area contributed by atoms with Gasteiger partial charge < -0.3 is 14.6 Å². The number of furan rings is 1. The molecular formula is C15H20N2O. The van der Waals surface area contributed by atoms with Crippen molar-refractivity contribution in [3.05, 3.63) is 36.1 Å². The molecule has 0 spiro atoms. The zero-order chi connectivity index (χ0) is 12.4. The second-order valence-corrected chi connectivity index (χ2v) is 5.24. The van der Waals surface area contributed by atoms with Crippen molar-refractivity contribution in [2.45, 2.75) is 25.4 Å². The monoisotopic (exact) mass is 244 g/mol. The molecule has 0 bridgehead atoms. The SMILES string of the molecule is CN1CCCC(NCc2coc3ccccc23)C1. The summed E-state index contributed by atoms with van der Waals surface area (Å²) in [6.45, 7) is 3.28. The molecule has 2 heterocycles. The third kappa shape index (κ3) is 2.42. The molecular weight excluding hydrogens is 224 g/mol. The maximum Gasteiger partial charge on any atom is 0.134 e. The minimum absolute atomic E-state index is 0.609. The van der Waals surface area contributed by atoms with Crippen LogP contribution >= 0.6 is 0 Å². The highest BCUT2D eigenvalue weighted by molar-refractivity contribution is 5.80. The van der Waals surface area contributed by atoms with Crippen LogP contribution in [0.15, 0.2) is 34.9 Å². The number of hydrogen-bond donors (Lipinski definition) is 1. The van der Waals surface area contributed by atoms with Gasteiger partial charge in [0.25, 0.3) is 0 Å². The topological polar surface area (TPSA) is 28.4 Å². The third-order valence-electron chi connectivity index (χ3n) is 3.77.